The largest absolute Gasteiger partial charge is 0.360 e. The fourth-order valence-corrected chi connectivity index (χ4v) is 5.23. The van der Waals surface area contributed by atoms with E-state index in [-0.39, 0.29) is 0 Å². The summed E-state index contributed by atoms with van der Waals surface area (Å²) in [7, 11) is -3.52. The van der Waals surface area contributed by atoms with Gasteiger partial charge in [-0.05, 0) is 44.2 Å². The van der Waals surface area contributed by atoms with Crippen molar-refractivity contribution in [2.45, 2.75) is 24.3 Å². The molecule has 0 radical (unpaired) electrons. The lowest BCUT2D eigenvalue weighted by Crippen LogP contribution is -3.16. The number of hydrogen-bond acceptors (Lipinski definition) is 3. The maximum atomic E-state index is 12.6. The second kappa shape index (κ2) is 8.19. The topological polar surface area (TPSA) is 53.9 Å². The molecule has 0 atom stereocenters. The van der Waals surface area contributed by atoms with Gasteiger partial charge in [-0.25, -0.2) is 8.42 Å². The van der Waals surface area contributed by atoms with Crippen LogP contribution in [0.2, 0.25) is 5.02 Å². The van der Waals surface area contributed by atoms with Crippen molar-refractivity contribution >= 4 is 27.3 Å². The van der Waals surface area contributed by atoms with Gasteiger partial charge in [-0.1, -0.05) is 35.9 Å². The Balaban J connectivity index is 1.57. The molecule has 2 aromatic rings. The zero-order valence-corrected chi connectivity index (χ0v) is 17.4. The van der Waals surface area contributed by atoms with Gasteiger partial charge in [-0.2, -0.15) is 4.72 Å². The number of nitrogens with zero attached hydrogens (tertiary/aromatic N) is 1. The molecule has 0 spiro atoms. The van der Waals surface area contributed by atoms with Crippen LogP contribution in [0.25, 0.3) is 0 Å². The Morgan fingerprint density at radius 3 is 2.37 bits per heavy atom. The minimum absolute atomic E-state index is 0.304. The van der Waals surface area contributed by atoms with Crippen LogP contribution < -0.4 is 14.5 Å². The molecule has 1 heterocycles. The highest BCUT2D eigenvalue weighted by atomic mass is 35.5. The van der Waals surface area contributed by atoms with Crippen molar-refractivity contribution in [2.24, 2.45) is 0 Å². The Morgan fingerprint density at radius 1 is 1.07 bits per heavy atom. The molecule has 146 valence electrons. The first-order chi connectivity index (χ1) is 12.8. The van der Waals surface area contributed by atoms with Crippen LogP contribution in [0.4, 0.5) is 5.69 Å². The van der Waals surface area contributed by atoms with Crippen LogP contribution in [-0.4, -0.2) is 46.7 Å². The zero-order valence-electron chi connectivity index (χ0n) is 15.8. The minimum Gasteiger partial charge on any atom is -0.360 e. The SMILES string of the molecule is CC(C)(C[NH+]1CCN(c2cccc(Cl)c2)CC1)NS(=O)(=O)c1ccccc1. The fraction of sp³-hybridized carbons (Fsp3) is 0.400. The highest BCUT2D eigenvalue weighted by Gasteiger charge is 2.32. The van der Waals surface area contributed by atoms with E-state index in [0.29, 0.717) is 4.90 Å². The summed E-state index contributed by atoms with van der Waals surface area (Å²) in [5, 5.41) is 0.749. The number of nitrogens with one attached hydrogen (secondary N) is 2. The van der Waals surface area contributed by atoms with Gasteiger partial charge in [0.2, 0.25) is 10.0 Å². The van der Waals surface area contributed by atoms with Crippen LogP contribution >= 0.6 is 11.6 Å². The Morgan fingerprint density at radius 2 is 1.74 bits per heavy atom. The molecule has 27 heavy (non-hydrogen) atoms. The summed E-state index contributed by atoms with van der Waals surface area (Å²) < 4.78 is 28.1. The second-order valence-electron chi connectivity index (χ2n) is 7.70. The van der Waals surface area contributed by atoms with E-state index in [9.17, 15) is 8.42 Å². The minimum atomic E-state index is -3.52. The van der Waals surface area contributed by atoms with E-state index >= 15 is 0 Å². The molecule has 2 aromatic carbocycles. The van der Waals surface area contributed by atoms with Crippen molar-refractivity contribution < 1.29 is 13.3 Å². The van der Waals surface area contributed by atoms with Crippen molar-refractivity contribution in [1.29, 1.82) is 0 Å². The summed E-state index contributed by atoms with van der Waals surface area (Å²) in [6.45, 7) is 8.41. The average molecular weight is 409 g/mol. The van der Waals surface area contributed by atoms with Crippen LogP contribution in [0.1, 0.15) is 13.8 Å². The van der Waals surface area contributed by atoms with Gasteiger partial charge in [0.1, 0.15) is 0 Å². The van der Waals surface area contributed by atoms with Gasteiger partial charge in [0.05, 0.1) is 43.2 Å². The molecule has 1 saturated heterocycles. The van der Waals surface area contributed by atoms with E-state index in [2.05, 4.69) is 15.7 Å². The lowest BCUT2D eigenvalue weighted by atomic mass is 10.1. The Bertz CT molecular complexity index is 864. The Kier molecular flexibility index (Phi) is 6.11. The van der Waals surface area contributed by atoms with Crippen molar-refractivity contribution in [3.8, 4) is 0 Å². The van der Waals surface area contributed by atoms with Gasteiger partial charge in [0, 0.05) is 10.7 Å². The number of rotatable bonds is 6. The molecule has 0 aromatic heterocycles. The average Bonchev–Trinajstić information content (AvgIpc) is 2.62. The third-order valence-corrected chi connectivity index (χ3v) is 6.75. The molecule has 0 unspecified atom stereocenters. The van der Waals surface area contributed by atoms with Gasteiger partial charge in [-0.3, -0.25) is 0 Å². The number of sulfonamides is 1. The zero-order chi connectivity index (χ0) is 19.5. The number of benzene rings is 2. The van der Waals surface area contributed by atoms with Crippen molar-refractivity contribution in [3.63, 3.8) is 0 Å². The molecular formula is C20H27ClN3O2S+. The lowest BCUT2D eigenvalue weighted by molar-refractivity contribution is -0.904. The highest BCUT2D eigenvalue weighted by Crippen LogP contribution is 2.19. The summed E-state index contributed by atoms with van der Waals surface area (Å²) in [4.78, 5) is 4.03. The normalized spacial score (nSPS) is 16.5. The van der Waals surface area contributed by atoms with Gasteiger partial charge in [0.25, 0.3) is 0 Å². The van der Waals surface area contributed by atoms with Crippen LogP contribution in [0.15, 0.2) is 59.5 Å². The van der Waals surface area contributed by atoms with Crippen LogP contribution in [0, 0.1) is 0 Å². The van der Waals surface area contributed by atoms with Gasteiger partial charge in [0.15, 0.2) is 0 Å². The molecule has 0 amide bonds. The van der Waals surface area contributed by atoms with Gasteiger partial charge in [-0.15, -0.1) is 0 Å². The van der Waals surface area contributed by atoms with Crippen LogP contribution in [-0.2, 0) is 10.0 Å². The third-order valence-electron chi connectivity index (χ3n) is 4.80. The third kappa shape index (κ3) is 5.45. The molecular weight excluding hydrogens is 382 g/mol. The number of piperazine rings is 1. The number of quaternary nitrogens is 1. The van der Waals surface area contributed by atoms with E-state index < -0.39 is 15.6 Å². The summed E-state index contributed by atoms with van der Waals surface area (Å²) in [5.74, 6) is 0. The smallest absolute Gasteiger partial charge is 0.241 e. The number of anilines is 1. The molecule has 1 fully saturated rings. The van der Waals surface area contributed by atoms with Gasteiger partial charge < -0.3 is 9.80 Å². The lowest BCUT2D eigenvalue weighted by Gasteiger charge is -2.37. The molecule has 0 bridgehead atoms. The number of hydrogen-bond donors (Lipinski definition) is 2. The predicted molar refractivity (Wildman–Crippen MR) is 110 cm³/mol. The summed E-state index contributed by atoms with van der Waals surface area (Å²) >= 11 is 6.09. The summed E-state index contributed by atoms with van der Waals surface area (Å²) in [5.41, 5.74) is 0.619. The summed E-state index contributed by atoms with van der Waals surface area (Å²) in [6.07, 6.45) is 0. The molecule has 0 aliphatic carbocycles. The first-order valence-corrected chi connectivity index (χ1v) is 11.0. The number of halogens is 1. The van der Waals surface area contributed by atoms with Crippen molar-refractivity contribution in [3.05, 3.63) is 59.6 Å². The molecule has 2 N–H and O–H groups in total. The van der Waals surface area contributed by atoms with Gasteiger partial charge >= 0.3 is 0 Å². The van der Waals surface area contributed by atoms with Crippen LogP contribution in [0.5, 0.6) is 0 Å². The Labute approximate surface area is 167 Å². The second-order valence-corrected chi connectivity index (χ2v) is 9.81. The molecule has 5 nitrogen and oxygen atoms in total. The molecule has 0 saturated carbocycles. The van der Waals surface area contributed by atoms with E-state index in [1.54, 1.807) is 24.3 Å². The quantitative estimate of drug-likeness (QED) is 0.766. The molecule has 7 heteroatoms. The maximum absolute atomic E-state index is 12.6. The van der Waals surface area contributed by atoms with E-state index in [0.717, 1.165) is 43.4 Å². The van der Waals surface area contributed by atoms with Crippen LogP contribution in [0.3, 0.4) is 0 Å². The molecule has 1 aliphatic heterocycles. The first-order valence-electron chi connectivity index (χ1n) is 9.18. The standard InChI is InChI=1S/C20H26ClN3O2S/c1-20(2,22-27(25,26)19-9-4-3-5-10-19)16-23-11-13-24(14-12-23)18-8-6-7-17(21)15-18/h3-10,15,22H,11-14,16H2,1-2H3/p+1. The highest BCUT2D eigenvalue weighted by molar-refractivity contribution is 7.89. The molecule has 1 aliphatic rings. The fourth-order valence-electron chi connectivity index (χ4n) is 3.61. The van der Waals surface area contributed by atoms with E-state index in [4.69, 9.17) is 11.6 Å². The first kappa shape index (κ1) is 20.1. The van der Waals surface area contributed by atoms with Crippen molar-refractivity contribution in [1.82, 2.24) is 4.72 Å². The predicted octanol–water partition coefficient (Wildman–Crippen LogP) is 1.80. The molecule has 3 rings (SSSR count). The maximum Gasteiger partial charge on any atom is 0.241 e. The van der Waals surface area contributed by atoms with E-state index in [1.165, 1.54) is 4.90 Å². The summed E-state index contributed by atoms with van der Waals surface area (Å²) in [6, 6.07) is 16.5. The van der Waals surface area contributed by atoms with Crippen molar-refractivity contribution in [2.75, 3.05) is 37.6 Å². The Hall–Kier alpha value is -1.60. The van der Waals surface area contributed by atoms with E-state index in [1.807, 2.05) is 38.1 Å². The monoisotopic (exact) mass is 408 g/mol.